The number of rotatable bonds is 6. The van der Waals surface area contributed by atoms with Crippen LogP contribution in [-0.2, 0) is 4.79 Å². The summed E-state index contributed by atoms with van der Waals surface area (Å²) in [5.41, 5.74) is 0.310. The first-order chi connectivity index (χ1) is 13.9. The predicted octanol–water partition coefficient (Wildman–Crippen LogP) is 4.25. The van der Waals surface area contributed by atoms with E-state index in [1.165, 1.54) is 42.7 Å². The number of furan rings is 1. The van der Waals surface area contributed by atoms with Gasteiger partial charge in [0.25, 0.3) is 17.5 Å². The molecule has 2 N–H and O–H groups in total. The molecule has 2 aromatic carbocycles. The highest BCUT2D eigenvalue weighted by Crippen LogP contribution is 2.18. The molecule has 2 amide bonds. The third-order valence-electron chi connectivity index (χ3n) is 3.78. The van der Waals surface area contributed by atoms with E-state index in [1.54, 1.807) is 30.3 Å². The minimum Gasteiger partial charge on any atom is -0.465 e. The Labute approximate surface area is 169 Å². The summed E-state index contributed by atoms with van der Waals surface area (Å²) in [5.74, 6) is -0.874. The molecule has 3 aromatic rings. The summed E-state index contributed by atoms with van der Waals surface area (Å²) in [6.45, 7) is 0. The second-order valence-corrected chi connectivity index (χ2v) is 6.17. The topological polar surface area (TPSA) is 114 Å². The summed E-state index contributed by atoms with van der Waals surface area (Å²) in [7, 11) is 0. The van der Waals surface area contributed by atoms with Crippen molar-refractivity contribution in [1.29, 1.82) is 0 Å². The number of nitro groups is 1. The lowest BCUT2D eigenvalue weighted by atomic mass is 10.2. The van der Waals surface area contributed by atoms with Gasteiger partial charge >= 0.3 is 0 Å². The molecule has 0 saturated carbocycles. The predicted molar refractivity (Wildman–Crippen MR) is 107 cm³/mol. The summed E-state index contributed by atoms with van der Waals surface area (Å²) in [6.07, 6.45) is 2.78. The largest absolute Gasteiger partial charge is 0.465 e. The number of anilines is 1. The van der Waals surface area contributed by atoms with Crippen LogP contribution >= 0.6 is 11.6 Å². The van der Waals surface area contributed by atoms with Gasteiger partial charge in [0, 0.05) is 23.9 Å². The van der Waals surface area contributed by atoms with E-state index in [2.05, 4.69) is 10.6 Å². The van der Waals surface area contributed by atoms with Crippen LogP contribution < -0.4 is 10.6 Å². The molecule has 0 spiro atoms. The van der Waals surface area contributed by atoms with Crippen LogP contribution in [0.3, 0.4) is 0 Å². The van der Waals surface area contributed by atoms with Gasteiger partial charge in [-0.25, -0.2) is 0 Å². The van der Waals surface area contributed by atoms with Gasteiger partial charge in [0.05, 0.1) is 21.8 Å². The van der Waals surface area contributed by atoms with Crippen molar-refractivity contribution in [3.05, 3.63) is 99.1 Å². The van der Waals surface area contributed by atoms with Crippen LogP contribution in [0.25, 0.3) is 6.08 Å². The standard InChI is InChI=1S/C20H14ClN3O5/c21-17-6-2-1-5-16(17)19(25)23-18(12-15-4-3-11-29-15)20(26)22-13-7-9-14(10-8-13)24(27)28/h1-12H,(H,22,26)(H,23,25)/b18-12+. The highest BCUT2D eigenvalue weighted by molar-refractivity contribution is 6.34. The molecule has 9 heteroatoms. The van der Waals surface area contributed by atoms with Gasteiger partial charge in [-0.3, -0.25) is 19.7 Å². The minimum atomic E-state index is -0.643. The number of halogens is 1. The Morgan fingerprint density at radius 2 is 1.76 bits per heavy atom. The van der Waals surface area contributed by atoms with E-state index in [1.807, 2.05) is 0 Å². The normalized spacial score (nSPS) is 11.0. The Kier molecular flexibility index (Phi) is 6.06. The third-order valence-corrected chi connectivity index (χ3v) is 4.11. The molecule has 0 aliphatic rings. The Hall–Kier alpha value is -3.91. The van der Waals surface area contributed by atoms with Crippen LogP contribution in [0.2, 0.25) is 5.02 Å². The molecule has 1 aromatic heterocycles. The number of carbonyl (C=O) groups excluding carboxylic acids is 2. The van der Waals surface area contributed by atoms with Gasteiger partial charge < -0.3 is 15.1 Å². The monoisotopic (exact) mass is 411 g/mol. The lowest BCUT2D eigenvalue weighted by Crippen LogP contribution is -2.30. The second-order valence-electron chi connectivity index (χ2n) is 5.77. The number of hydrogen-bond acceptors (Lipinski definition) is 5. The SMILES string of the molecule is O=C(Nc1ccc([N+](=O)[O-])cc1)/C(=C\c1ccco1)NC(=O)c1ccccc1Cl. The molecule has 146 valence electrons. The maximum absolute atomic E-state index is 12.7. The molecule has 0 fully saturated rings. The van der Waals surface area contributed by atoms with Gasteiger partial charge in [-0.15, -0.1) is 0 Å². The van der Waals surface area contributed by atoms with E-state index in [0.29, 0.717) is 11.4 Å². The van der Waals surface area contributed by atoms with E-state index in [9.17, 15) is 19.7 Å². The molecule has 8 nitrogen and oxygen atoms in total. The highest BCUT2D eigenvalue weighted by Gasteiger charge is 2.17. The summed E-state index contributed by atoms with van der Waals surface area (Å²) in [6, 6.07) is 14.9. The fraction of sp³-hybridized carbons (Fsp3) is 0. The Morgan fingerprint density at radius 3 is 2.38 bits per heavy atom. The van der Waals surface area contributed by atoms with Crippen molar-refractivity contribution in [3.63, 3.8) is 0 Å². The van der Waals surface area contributed by atoms with E-state index in [-0.39, 0.29) is 22.0 Å². The van der Waals surface area contributed by atoms with Crippen LogP contribution in [0.15, 0.2) is 77.0 Å². The molecule has 0 bridgehead atoms. The molecule has 0 atom stereocenters. The van der Waals surface area contributed by atoms with Gasteiger partial charge in [-0.05, 0) is 36.4 Å². The molecule has 0 saturated heterocycles. The van der Waals surface area contributed by atoms with E-state index < -0.39 is 16.7 Å². The summed E-state index contributed by atoms with van der Waals surface area (Å²) < 4.78 is 5.21. The zero-order valence-electron chi connectivity index (χ0n) is 14.8. The van der Waals surface area contributed by atoms with Crippen molar-refractivity contribution in [2.45, 2.75) is 0 Å². The van der Waals surface area contributed by atoms with Gasteiger partial charge in [-0.2, -0.15) is 0 Å². The second kappa shape index (κ2) is 8.85. The van der Waals surface area contributed by atoms with Crippen LogP contribution in [0.5, 0.6) is 0 Å². The van der Waals surface area contributed by atoms with Crippen molar-refractivity contribution >= 4 is 40.9 Å². The van der Waals surface area contributed by atoms with Gasteiger partial charge in [0.2, 0.25) is 0 Å². The van der Waals surface area contributed by atoms with Gasteiger partial charge in [-0.1, -0.05) is 23.7 Å². The van der Waals surface area contributed by atoms with Gasteiger partial charge in [0.1, 0.15) is 11.5 Å². The average molecular weight is 412 g/mol. The van der Waals surface area contributed by atoms with Crippen LogP contribution in [0, 0.1) is 10.1 Å². The third kappa shape index (κ3) is 5.08. The molecular weight excluding hydrogens is 398 g/mol. The number of nitrogens with zero attached hydrogens (tertiary/aromatic N) is 1. The van der Waals surface area contributed by atoms with Crippen molar-refractivity contribution in [2.24, 2.45) is 0 Å². The van der Waals surface area contributed by atoms with Crippen molar-refractivity contribution in [3.8, 4) is 0 Å². The van der Waals surface area contributed by atoms with E-state index >= 15 is 0 Å². The number of hydrogen-bond donors (Lipinski definition) is 2. The zero-order chi connectivity index (χ0) is 20.8. The van der Waals surface area contributed by atoms with Crippen molar-refractivity contribution < 1.29 is 18.9 Å². The molecule has 1 heterocycles. The maximum atomic E-state index is 12.7. The molecule has 0 aliphatic carbocycles. The molecular formula is C20H14ClN3O5. The van der Waals surface area contributed by atoms with E-state index in [0.717, 1.165) is 0 Å². The minimum absolute atomic E-state index is 0.0942. The first kappa shape index (κ1) is 19.8. The van der Waals surface area contributed by atoms with Crippen LogP contribution in [-0.4, -0.2) is 16.7 Å². The number of amides is 2. The number of carbonyl (C=O) groups is 2. The van der Waals surface area contributed by atoms with Gasteiger partial charge in [0.15, 0.2) is 0 Å². The van der Waals surface area contributed by atoms with Crippen molar-refractivity contribution in [1.82, 2.24) is 5.32 Å². The summed E-state index contributed by atoms with van der Waals surface area (Å²) >= 11 is 6.04. The Balaban J connectivity index is 1.83. The first-order valence-electron chi connectivity index (χ1n) is 8.31. The van der Waals surface area contributed by atoms with Crippen LogP contribution in [0.1, 0.15) is 16.1 Å². The molecule has 29 heavy (non-hydrogen) atoms. The number of benzene rings is 2. The number of nitro benzene ring substituents is 1. The average Bonchev–Trinajstić information content (AvgIpc) is 3.21. The number of non-ortho nitro benzene ring substituents is 1. The van der Waals surface area contributed by atoms with E-state index in [4.69, 9.17) is 16.0 Å². The molecule has 0 unspecified atom stereocenters. The van der Waals surface area contributed by atoms with Crippen LogP contribution in [0.4, 0.5) is 11.4 Å². The maximum Gasteiger partial charge on any atom is 0.272 e. The summed E-state index contributed by atoms with van der Waals surface area (Å²) in [4.78, 5) is 35.5. The first-order valence-corrected chi connectivity index (χ1v) is 8.69. The highest BCUT2D eigenvalue weighted by atomic mass is 35.5. The Morgan fingerprint density at radius 1 is 1.03 bits per heavy atom. The molecule has 0 aliphatic heterocycles. The fourth-order valence-electron chi connectivity index (χ4n) is 2.37. The molecule has 0 radical (unpaired) electrons. The fourth-order valence-corrected chi connectivity index (χ4v) is 2.60. The Bertz CT molecular complexity index is 1080. The quantitative estimate of drug-likeness (QED) is 0.357. The summed E-state index contributed by atoms with van der Waals surface area (Å²) in [5, 5.41) is 16.1. The smallest absolute Gasteiger partial charge is 0.272 e. The number of nitrogens with one attached hydrogen (secondary N) is 2. The molecule has 3 rings (SSSR count). The lowest BCUT2D eigenvalue weighted by Gasteiger charge is -2.11. The van der Waals surface area contributed by atoms with Crippen molar-refractivity contribution in [2.75, 3.05) is 5.32 Å². The lowest BCUT2D eigenvalue weighted by molar-refractivity contribution is -0.384. The zero-order valence-corrected chi connectivity index (χ0v) is 15.6.